The second-order valence-corrected chi connectivity index (χ2v) is 7.16. The van der Waals surface area contributed by atoms with Crippen molar-refractivity contribution in [3.8, 4) is 0 Å². The van der Waals surface area contributed by atoms with E-state index >= 15 is 0 Å². The van der Waals surface area contributed by atoms with E-state index in [1.54, 1.807) is 16.9 Å². The first-order valence-electron chi connectivity index (χ1n) is 6.60. The molecular weight excluding hydrogens is 300 g/mol. The number of rotatable bonds is 6. The van der Waals surface area contributed by atoms with E-state index in [4.69, 9.17) is 6.11 Å². The van der Waals surface area contributed by atoms with Crippen LogP contribution in [0.1, 0.15) is 27.1 Å². The Morgan fingerprint density at radius 2 is 2.30 bits per heavy atom. The molecule has 0 unspecified atom stereocenters. The van der Waals surface area contributed by atoms with Gasteiger partial charge in [-0.1, -0.05) is 23.6 Å². The second kappa shape index (κ2) is 6.94. The number of carbonyl (C=O) groups excluding carboxylic acids is 1. The molecule has 0 spiro atoms. The van der Waals surface area contributed by atoms with Crippen molar-refractivity contribution < 1.29 is 15.8 Å². The Morgan fingerprint density at radius 3 is 2.85 bits per heavy atom. The summed E-state index contributed by atoms with van der Waals surface area (Å²) in [4.78, 5) is 24.8. The van der Waals surface area contributed by atoms with E-state index in [-0.39, 0.29) is 17.0 Å². The molecule has 6 nitrogen and oxygen atoms in total. The predicted octanol–water partition coefficient (Wildman–Crippen LogP) is 3.22. The molecule has 0 atom stereocenters. The summed E-state index contributed by atoms with van der Waals surface area (Å²) in [6.45, 7) is 0.222. The Balaban J connectivity index is 1.95. The third-order valence-corrected chi connectivity index (χ3v) is 6.34. The van der Waals surface area contributed by atoms with Crippen molar-refractivity contribution in [3.63, 3.8) is 0 Å². The van der Waals surface area contributed by atoms with E-state index in [0.29, 0.717) is 5.03 Å². The fraction of sp³-hybridized carbons (Fsp3) is 0.500. The summed E-state index contributed by atoms with van der Waals surface area (Å²) in [5, 5.41) is 11.2. The number of hydrogen-bond acceptors (Lipinski definition) is 7. The lowest BCUT2D eigenvalue weighted by Gasteiger charge is -2.25. The third-order valence-electron chi connectivity index (χ3n) is 3.14. The highest BCUT2D eigenvalue weighted by molar-refractivity contribution is 8.77. The van der Waals surface area contributed by atoms with Crippen LogP contribution in [-0.4, -0.2) is 27.7 Å². The highest BCUT2D eigenvalue weighted by Crippen LogP contribution is 2.49. The van der Waals surface area contributed by atoms with Crippen LogP contribution >= 0.6 is 21.6 Å². The number of hydrogen-bond donors (Lipinski definition) is 0. The number of carbonyl (C=O) groups is 1. The Kier molecular flexibility index (Phi) is 4.75. The molecule has 0 aromatic carbocycles. The average molecular weight is 315 g/mol. The van der Waals surface area contributed by atoms with Crippen molar-refractivity contribution in [2.24, 2.45) is 0 Å². The first kappa shape index (κ1) is 13.7. The van der Waals surface area contributed by atoms with E-state index in [1.165, 1.54) is 23.1 Å². The molecule has 1 aliphatic rings. The van der Waals surface area contributed by atoms with E-state index in [1.807, 2.05) is 0 Å². The summed E-state index contributed by atoms with van der Waals surface area (Å²) in [6, 6.07) is 3.02. The summed E-state index contributed by atoms with van der Waals surface area (Å²) in [7, 11) is 2.98. The van der Waals surface area contributed by atoms with Crippen molar-refractivity contribution in [2.75, 3.05) is 6.61 Å². The minimum Gasteiger partial charge on any atom is -0.466 e. The number of pyridine rings is 1. The number of ether oxygens (including phenoxy) is 1. The predicted molar refractivity (Wildman–Crippen MR) is 77.6 cm³/mol. The van der Waals surface area contributed by atoms with E-state index < -0.39 is 11.4 Å². The third kappa shape index (κ3) is 3.86. The summed E-state index contributed by atoms with van der Waals surface area (Å²) in [6.07, 6.45) is 4.19. The van der Waals surface area contributed by atoms with Crippen LogP contribution in [0.3, 0.4) is 0 Å². The van der Waals surface area contributed by atoms with E-state index in [9.17, 15) is 14.9 Å². The van der Waals surface area contributed by atoms with Gasteiger partial charge in [0.25, 0.3) is 12.1 Å². The van der Waals surface area contributed by atoms with Crippen LogP contribution in [0.5, 0.6) is 0 Å². The SMILES string of the molecule is [2H]C(=O)OCC1(SSc2ccc([N+](=O)[O-])cn2)CCCC1. The Hall–Kier alpha value is -1.28. The molecule has 8 heteroatoms. The molecule has 0 N–H and O–H groups in total. The second-order valence-electron chi connectivity index (χ2n) is 4.54. The lowest BCUT2D eigenvalue weighted by molar-refractivity contribution is -0.385. The van der Waals surface area contributed by atoms with Gasteiger partial charge in [0.15, 0.2) is 1.37 Å². The zero-order valence-corrected chi connectivity index (χ0v) is 12.2. The number of nitrogens with zero attached hydrogens (tertiary/aromatic N) is 2. The van der Waals surface area contributed by atoms with Gasteiger partial charge in [0.1, 0.15) is 17.8 Å². The van der Waals surface area contributed by atoms with Gasteiger partial charge in [-0.25, -0.2) is 4.98 Å². The lowest BCUT2D eigenvalue weighted by atomic mass is 10.1. The number of nitro groups is 1. The largest absolute Gasteiger partial charge is 0.466 e. The van der Waals surface area contributed by atoms with Crippen LogP contribution in [-0.2, 0) is 9.53 Å². The molecule has 0 bridgehead atoms. The summed E-state index contributed by atoms with van der Waals surface area (Å²) < 4.78 is 11.5. The van der Waals surface area contributed by atoms with E-state index in [2.05, 4.69) is 4.98 Å². The van der Waals surface area contributed by atoms with Gasteiger partial charge < -0.3 is 4.74 Å². The van der Waals surface area contributed by atoms with Crippen LogP contribution in [0.2, 0.25) is 0 Å². The lowest BCUT2D eigenvalue weighted by Crippen LogP contribution is -2.26. The molecule has 1 aromatic heterocycles. The first-order chi connectivity index (χ1) is 10.0. The van der Waals surface area contributed by atoms with Crippen LogP contribution in [0.4, 0.5) is 5.69 Å². The maximum absolute atomic E-state index is 10.7. The van der Waals surface area contributed by atoms with Crippen molar-refractivity contribution in [2.45, 2.75) is 35.5 Å². The fourth-order valence-corrected chi connectivity index (χ4v) is 4.86. The van der Waals surface area contributed by atoms with Gasteiger partial charge >= 0.3 is 0 Å². The molecule has 20 heavy (non-hydrogen) atoms. The summed E-state index contributed by atoms with van der Waals surface area (Å²) in [5.41, 5.74) is -0.0388. The maximum atomic E-state index is 10.7. The number of aromatic nitrogens is 1. The molecule has 0 saturated heterocycles. The van der Waals surface area contributed by atoms with Gasteiger partial charge in [0.05, 0.1) is 9.67 Å². The maximum Gasteiger partial charge on any atom is 0.293 e. The summed E-state index contributed by atoms with van der Waals surface area (Å²) in [5.74, 6) is 0. The molecule has 1 aliphatic carbocycles. The van der Waals surface area contributed by atoms with Crippen molar-refractivity contribution in [1.29, 1.82) is 0 Å². The molecule has 1 heterocycles. The van der Waals surface area contributed by atoms with Gasteiger partial charge in [0.2, 0.25) is 0 Å². The zero-order valence-electron chi connectivity index (χ0n) is 11.6. The van der Waals surface area contributed by atoms with Gasteiger partial charge in [-0.15, -0.1) is 0 Å². The zero-order chi connectivity index (χ0) is 15.3. The highest BCUT2D eigenvalue weighted by Gasteiger charge is 2.36. The monoisotopic (exact) mass is 315 g/mol. The minimum absolute atomic E-state index is 0.0388. The molecule has 2 rings (SSSR count). The molecule has 108 valence electrons. The van der Waals surface area contributed by atoms with Gasteiger partial charge in [-0.3, -0.25) is 14.9 Å². The minimum atomic E-state index is -1.01. The van der Waals surface area contributed by atoms with Gasteiger partial charge in [-0.05, 0) is 29.7 Å². The van der Waals surface area contributed by atoms with E-state index in [0.717, 1.165) is 25.7 Å². The van der Waals surface area contributed by atoms with Gasteiger partial charge in [0, 0.05) is 6.07 Å². The molecule has 0 amide bonds. The normalized spacial score (nSPS) is 17.5. The van der Waals surface area contributed by atoms with Crippen molar-refractivity contribution >= 4 is 33.7 Å². The standard InChI is InChI=1S/C12H14N2O4S2/c15-9-18-8-12(5-1-2-6-12)20-19-11-4-3-10(7-13-11)14(16)17/h3-4,7,9H,1-2,5-6,8H2/i9D. The smallest absolute Gasteiger partial charge is 0.293 e. The quantitative estimate of drug-likeness (QED) is 0.345. The first-order valence-corrected chi connectivity index (χ1v) is 8.25. The molecule has 1 aromatic rings. The topological polar surface area (TPSA) is 82.3 Å². The molecule has 1 saturated carbocycles. The molecule has 0 aliphatic heterocycles. The Labute approximate surface area is 125 Å². The van der Waals surface area contributed by atoms with Crippen LogP contribution in [0.15, 0.2) is 23.4 Å². The molecule has 1 fully saturated rings. The van der Waals surface area contributed by atoms with Gasteiger partial charge in [-0.2, -0.15) is 0 Å². The highest BCUT2D eigenvalue weighted by atomic mass is 33.1. The van der Waals surface area contributed by atoms with Crippen molar-refractivity contribution in [1.82, 2.24) is 4.98 Å². The van der Waals surface area contributed by atoms with Crippen LogP contribution in [0, 0.1) is 10.1 Å². The average Bonchev–Trinajstić information content (AvgIpc) is 2.93. The molecular formula is C12H14N2O4S2. The molecule has 0 radical (unpaired) electrons. The fourth-order valence-electron chi connectivity index (χ4n) is 2.09. The van der Waals surface area contributed by atoms with Crippen molar-refractivity contribution in [3.05, 3.63) is 28.4 Å². The van der Waals surface area contributed by atoms with Crippen LogP contribution in [0.25, 0.3) is 0 Å². The Bertz CT molecular complexity index is 520. The van der Waals surface area contributed by atoms with Crippen LogP contribution < -0.4 is 0 Å². The summed E-state index contributed by atoms with van der Waals surface area (Å²) >= 11 is 0. The Morgan fingerprint density at radius 1 is 1.55 bits per heavy atom.